The van der Waals surface area contributed by atoms with E-state index in [1.807, 2.05) is 0 Å². The predicted octanol–water partition coefficient (Wildman–Crippen LogP) is 3.91. The first-order chi connectivity index (χ1) is 11.2. The van der Waals surface area contributed by atoms with Gasteiger partial charge in [0, 0.05) is 11.8 Å². The summed E-state index contributed by atoms with van der Waals surface area (Å²) in [6.45, 7) is 4.08. The van der Waals surface area contributed by atoms with E-state index in [9.17, 15) is 0 Å². The quantitative estimate of drug-likeness (QED) is 0.661. The summed E-state index contributed by atoms with van der Waals surface area (Å²) in [5.74, 6) is 3.01. The maximum Gasteiger partial charge on any atom is 0.277 e. The van der Waals surface area contributed by atoms with Crippen molar-refractivity contribution in [1.29, 1.82) is 0 Å². The zero-order valence-corrected chi connectivity index (χ0v) is 14.5. The number of rotatable bonds is 4. The molecule has 0 saturated carbocycles. The van der Waals surface area contributed by atoms with E-state index in [2.05, 4.69) is 33.4 Å². The van der Waals surface area contributed by atoms with Crippen molar-refractivity contribution in [1.82, 2.24) is 20.4 Å². The second kappa shape index (κ2) is 6.09. The molecule has 3 aromatic heterocycles. The monoisotopic (exact) mass is 348 g/mol. The summed E-state index contributed by atoms with van der Waals surface area (Å²) < 4.78 is 11.1. The number of nitrogens with zero attached hydrogens (tertiary/aromatic N) is 4. The molecule has 0 aromatic carbocycles. The van der Waals surface area contributed by atoms with Gasteiger partial charge in [0.15, 0.2) is 0 Å². The lowest BCUT2D eigenvalue weighted by Crippen LogP contribution is -2.07. The molecule has 1 unspecified atom stereocenters. The molecular formula is C15H16N4O2S2. The van der Waals surface area contributed by atoms with E-state index in [1.165, 1.54) is 28.6 Å². The van der Waals surface area contributed by atoms with Gasteiger partial charge in [-0.3, -0.25) is 0 Å². The lowest BCUT2D eigenvalue weighted by molar-refractivity contribution is 0.462. The Bertz CT molecular complexity index is 823. The van der Waals surface area contributed by atoms with Gasteiger partial charge in [-0.25, -0.2) is 0 Å². The molecule has 0 N–H and O–H groups in total. The summed E-state index contributed by atoms with van der Waals surface area (Å²) in [5, 5.41) is 16.5. The Balaban J connectivity index is 1.47. The number of aryl methyl sites for hydroxylation is 2. The molecule has 1 aliphatic rings. The summed E-state index contributed by atoms with van der Waals surface area (Å²) >= 11 is 3.18. The number of thioether (sulfide) groups is 1. The normalized spacial score (nSPS) is 17.4. The van der Waals surface area contributed by atoms with Crippen LogP contribution in [0.4, 0.5) is 0 Å². The van der Waals surface area contributed by atoms with E-state index >= 15 is 0 Å². The van der Waals surface area contributed by atoms with Crippen molar-refractivity contribution in [3.63, 3.8) is 0 Å². The maximum absolute atomic E-state index is 5.76. The van der Waals surface area contributed by atoms with Gasteiger partial charge < -0.3 is 8.83 Å². The average molecular weight is 348 g/mol. The van der Waals surface area contributed by atoms with Crippen LogP contribution < -0.4 is 0 Å². The number of hydrogen-bond donors (Lipinski definition) is 0. The molecule has 3 heterocycles. The fraction of sp³-hybridized carbons (Fsp3) is 0.467. The first-order valence-electron chi connectivity index (χ1n) is 7.54. The molecule has 8 heteroatoms. The zero-order valence-electron chi connectivity index (χ0n) is 12.9. The second-order valence-corrected chi connectivity index (χ2v) is 7.85. The highest BCUT2D eigenvalue weighted by Gasteiger charge is 2.21. The van der Waals surface area contributed by atoms with Gasteiger partial charge in [-0.05, 0) is 36.8 Å². The molecular weight excluding hydrogens is 332 g/mol. The second-order valence-electron chi connectivity index (χ2n) is 5.78. The van der Waals surface area contributed by atoms with E-state index in [0.29, 0.717) is 28.6 Å². The molecule has 0 fully saturated rings. The van der Waals surface area contributed by atoms with Crippen LogP contribution in [-0.2, 0) is 18.6 Å². The summed E-state index contributed by atoms with van der Waals surface area (Å²) in [5.41, 5.74) is 1.44. The third-order valence-electron chi connectivity index (χ3n) is 3.83. The molecule has 0 spiro atoms. The van der Waals surface area contributed by atoms with Crippen LogP contribution in [0.5, 0.6) is 0 Å². The Morgan fingerprint density at radius 1 is 1.26 bits per heavy atom. The molecule has 0 aliphatic heterocycles. The Morgan fingerprint density at radius 3 is 3.00 bits per heavy atom. The fourth-order valence-electron chi connectivity index (χ4n) is 2.70. The Labute approximate surface area is 141 Å². The first-order valence-corrected chi connectivity index (χ1v) is 9.35. The van der Waals surface area contributed by atoms with E-state index in [0.717, 1.165) is 23.6 Å². The predicted molar refractivity (Wildman–Crippen MR) is 87.4 cm³/mol. The van der Waals surface area contributed by atoms with Gasteiger partial charge >= 0.3 is 0 Å². The highest BCUT2D eigenvalue weighted by molar-refractivity contribution is 7.98. The highest BCUT2D eigenvalue weighted by Crippen LogP contribution is 2.37. The molecule has 0 saturated heterocycles. The Morgan fingerprint density at radius 2 is 2.17 bits per heavy atom. The maximum atomic E-state index is 5.76. The van der Waals surface area contributed by atoms with Gasteiger partial charge in [0.25, 0.3) is 11.1 Å². The van der Waals surface area contributed by atoms with Crippen LogP contribution in [0.3, 0.4) is 0 Å². The lowest BCUT2D eigenvalue weighted by atomic mass is 9.90. The zero-order chi connectivity index (χ0) is 15.8. The molecule has 120 valence electrons. The van der Waals surface area contributed by atoms with E-state index in [-0.39, 0.29) is 0 Å². The molecule has 23 heavy (non-hydrogen) atoms. The minimum Gasteiger partial charge on any atom is -0.425 e. The average Bonchev–Trinajstić information content (AvgIpc) is 3.23. The minimum atomic E-state index is 0.524. The van der Waals surface area contributed by atoms with Crippen LogP contribution in [-0.4, -0.2) is 20.4 Å². The largest absolute Gasteiger partial charge is 0.425 e. The SMILES string of the molecule is Cc1nnc(CSc2nnc(-c3cc4c(s3)CCC(C)C4)o2)o1. The molecule has 0 amide bonds. The third-order valence-corrected chi connectivity index (χ3v) is 5.86. The standard InChI is InChI=1S/C15H16N4O2S2/c1-8-3-4-11-10(5-8)6-12(23-11)14-18-19-15(21-14)22-7-13-17-16-9(2)20-13/h6,8H,3-5,7H2,1-2H3. The van der Waals surface area contributed by atoms with Crippen molar-refractivity contribution in [2.24, 2.45) is 5.92 Å². The highest BCUT2D eigenvalue weighted by atomic mass is 32.2. The Hall–Kier alpha value is -1.67. The first kappa shape index (κ1) is 14.9. The van der Waals surface area contributed by atoms with Crippen molar-refractivity contribution >= 4 is 23.1 Å². The molecule has 0 bridgehead atoms. The molecule has 4 rings (SSSR count). The molecule has 1 aliphatic carbocycles. The molecule has 6 nitrogen and oxygen atoms in total. The van der Waals surface area contributed by atoms with Crippen LogP contribution in [0.2, 0.25) is 0 Å². The lowest BCUT2D eigenvalue weighted by Gasteiger charge is -2.16. The van der Waals surface area contributed by atoms with Crippen molar-refractivity contribution in [2.75, 3.05) is 0 Å². The van der Waals surface area contributed by atoms with E-state index < -0.39 is 0 Å². The van der Waals surface area contributed by atoms with Gasteiger partial charge in [0.05, 0.1) is 10.6 Å². The van der Waals surface area contributed by atoms with Crippen molar-refractivity contribution in [3.8, 4) is 10.8 Å². The van der Waals surface area contributed by atoms with Crippen molar-refractivity contribution in [2.45, 2.75) is 44.1 Å². The van der Waals surface area contributed by atoms with Gasteiger partial charge in [-0.15, -0.1) is 31.7 Å². The molecule has 3 aromatic rings. The van der Waals surface area contributed by atoms with Gasteiger partial charge in [0.1, 0.15) is 0 Å². The van der Waals surface area contributed by atoms with Crippen LogP contribution in [0.25, 0.3) is 10.8 Å². The summed E-state index contributed by atoms with van der Waals surface area (Å²) in [6.07, 6.45) is 3.58. The van der Waals surface area contributed by atoms with Crippen LogP contribution >= 0.6 is 23.1 Å². The minimum absolute atomic E-state index is 0.524. The summed E-state index contributed by atoms with van der Waals surface area (Å²) in [7, 11) is 0. The third kappa shape index (κ3) is 3.18. The van der Waals surface area contributed by atoms with E-state index in [4.69, 9.17) is 8.83 Å². The van der Waals surface area contributed by atoms with Crippen molar-refractivity contribution in [3.05, 3.63) is 28.3 Å². The van der Waals surface area contributed by atoms with Gasteiger partial charge in [-0.1, -0.05) is 18.7 Å². The number of hydrogen-bond acceptors (Lipinski definition) is 8. The molecule has 1 atom stereocenters. The van der Waals surface area contributed by atoms with Crippen LogP contribution in [0.15, 0.2) is 20.1 Å². The smallest absolute Gasteiger partial charge is 0.277 e. The Kier molecular flexibility index (Phi) is 3.94. The van der Waals surface area contributed by atoms with Gasteiger partial charge in [-0.2, -0.15) is 0 Å². The fourth-order valence-corrected chi connectivity index (χ4v) is 4.43. The van der Waals surface area contributed by atoms with E-state index in [1.54, 1.807) is 18.3 Å². The molecule has 0 radical (unpaired) electrons. The number of aromatic nitrogens is 4. The number of thiophene rings is 1. The van der Waals surface area contributed by atoms with Crippen molar-refractivity contribution < 1.29 is 8.83 Å². The summed E-state index contributed by atoms with van der Waals surface area (Å²) in [6, 6.07) is 2.21. The summed E-state index contributed by atoms with van der Waals surface area (Å²) in [4.78, 5) is 2.53. The van der Waals surface area contributed by atoms with Crippen LogP contribution in [0, 0.1) is 12.8 Å². The van der Waals surface area contributed by atoms with Crippen LogP contribution in [0.1, 0.15) is 35.6 Å². The topological polar surface area (TPSA) is 77.8 Å². The number of fused-ring (bicyclic) bond motifs is 1. The van der Waals surface area contributed by atoms with Gasteiger partial charge in [0.2, 0.25) is 11.8 Å².